The highest BCUT2D eigenvalue weighted by Crippen LogP contribution is 2.25. The lowest BCUT2D eigenvalue weighted by molar-refractivity contribution is -0.120. The van der Waals surface area contributed by atoms with Crippen molar-refractivity contribution in [2.75, 3.05) is 6.54 Å². The van der Waals surface area contributed by atoms with Gasteiger partial charge in [-0.05, 0) is 56.7 Å². The summed E-state index contributed by atoms with van der Waals surface area (Å²) in [5.41, 5.74) is 2.19. The number of nitrogens with zero attached hydrogens (tertiary/aromatic N) is 2. The number of benzene rings is 1. The Hall–Kier alpha value is -2.02. The molecule has 1 atom stereocenters. The Bertz CT molecular complexity index is 787. The number of carbonyl (C=O) groups excluding carboxylic acids is 1. The first-order chi connectivity index (χ1) is 13.5. The molecule has 28 heavy (non-hydrogen) atoms. The van der Waals surface area contributed by atoms with Crippen LogP contribution in [0.3, 0.4) is 0 Å². The first-order valence-corrected chi connectivity index (χ1v) is 10.9. The van der Waals surface area contributed by atoms with E-state index in [4.69, 9.17) is 9.15 Å². The Morgan fingerprint density at radius 2 is 2.07 bits per heavy atom. The van der Waals surface area contributed by atoms with Gasteiger partial charge < -0.3 is 14.5 Å². The minimum atomic E-state index is -0.281. The number of rotatable bonds is 8. The fraction of sp³-hybridized carbons (Fsp3) is 0.571. The third kappa shape index (κ3) is 5.99. The quantitative estimate of drug-likeness (QED) is 0.657. The van der Waals surface area contributed by atoms with Crippen molar-refractivity contribution in [1.29, 1.82) is 0 Å². The van der Waals surface area contributed by atoms with Gasteiger partial charge in [0.15, 0.2) is 6.61 Å². The number of aromatic nitrogens is 2. The molecular weight excluding hydrogens is 374 g/mol. The van der Waals surface area contributed by atoms with Gasteiger partial charge in [0.05, 0.1) is 5.25 Å². The number of nitrogens with one attached hydrogen (secondary N) is 1. The normalized spacial score (nSPS) is 16.0. The minimum Gasteiger partial charge on any atom is -0.484 e. The van der Waals surface area contributed by atoms with E-state index in [2.05, 4.69) is 15.5 Å². The Morgan fingerprint density at radius 3 is 2.86 bits per heavy atom. The molecule has 1 amide bonds. The number of hydrogen-bond acceptors (Lipinski definition) is 6. The van der Waals surface area contributed by atoms with E-state index >= 15 is 0 Å². The van der Waals surface area contributed by atoms with Crippen LogP contribution in [-0.2, 0) is 11.4 Å². The molecule has 1 aliphatic rings. The maximum absolute atomic E-state index is 12.3. The zero-order valence-corrected chi connectivity index (χ0v) is 17.7. The minimum absolute atomic E-state index is 0.0157. The number of carbonyl (C=O) groups is 1. The summed E-state index contributed by atoms with van der Waals surface area (Å²) >= 11 is 1.28. The van der Waals surface area contributed by atoms with Gasteiger partial charge in [-0.2, -0.15) is 0 Å². The number of aryl methyl sites for hydroxylation is 2. The molecule has 1 aromatic carbocycles. The molecule has 1 aliphatic carbocycles. The van der Waals surface area contributed by atoms with Gasteiger partial charge in [-0.15, -0.1) is 10.2 Å². The summed E-state index contributed by atoms with van der Waals surface area (Å²) in [7, 11) is 0. The van der Waals surface area contributed by atoms with Gasteiger partial charge in [-0.3, -0.25) is 4.79 Å². The van der Waals surface area contributed by atoms with E-state index in [1.807, 2.05) is 39.0 Å². The number of ether oxygens (including phenoxy) is 1. The molecule has 1 fully saturated rings. The summed E-state index contributed by atoms with van der Waals surface area (Å²) < 4.78 is 11.4. The first kappa shape index (κ1) is 20.7. The summed E-state index contributed by atoms with van der Waals surface area (Å²) in [5, 5.41) is 11.2. The van der Waals surface area contributed by atoms with Crippen molar-refractivity contribution in [2.45, 2.75) is 70.0 Å². The molecule has 0 bridgehead atoms. The van der Waals surface area contributed by atoms with E-state index in [1.165, 1.54) is 43.9 Å². The van der Waals surface area contributed by atoms with Crippen LogP contribution in [0.25, 0.3) is 0 Å². The SMILES string of the molecule is Cc1ccc(C)c(OCc2nnc(SC(C)C(=O)NCC3CCCCC3)o2)c1. The first-order valence-electron chi connectivity index (χ1n) is 9.98. The second kappa shape index (κ2) is 9.96. The highest BCUT2D eigenvalue weighted by Gasteiger charge is 2.20. The summed E-state index contributed by atoms with van der Waals surface area (Å²) in [6.07, 6.45) is 6.31. The average Bonchev–Trinajstić information content (AvgIpc) is 3.14. The maximum atomic E-state index is 12.3. The predicted molar refractivity (Wildman–Crippen MR) is 109 cm³/mol. The van der Waals surface area contributed by atoms with Crippen LogP contribution in [0, 0.1) is 19.8 Å². The maximum Gasteiger partial charge on any atom is 0.277 e. The van der Waals surface area contributed by atoms with E-state index in [0.717, 1.165) is 23.4 Å². The van der Waals surface area contributed by atoms with E-state index < -0.39 is 0 Å². The lowest BCUT2D eigenvalue weighted by Crippen LogP contribution is -2.35. The Balaban J connectivity index is 1.45. The highest BCUT2D eigenvalue weighted by atomic mass is 32.2. The zero-order valence-electron chi connectivity index (χ0n) is 16.9. The second-order valence-electron chi connectivity index (χ2n) is 7.53. The van der Waals surface area contributed by atoms with Crippen molar-refractivity contribution in [3.63, 3.8) is 0 Å². The molecule has 2 aromatic rings. The van der Waals surface area contributed by atoms with Crippen molar-refractivity contribution in [3.8, 4) is 5.75 Å². The fourth-order valence-electron chi connectivity index (χ4n) is 3.33. The molecular formula is C21H29N3O3S. The molecule has 0 spiro atoms. The highest BCUT2D eigenvalue weighted by molar-refractivity contribution is 8.00. The second-order valence-corrected chi connectivity index (χ2v) is 8.82. The topological polar surface area (TPSA) is 77.2 Å². The van der Waals surface area contributed by atoms with Gasteiger partial charge in [-0.25, -0.2) is 0 Å². The molecule has 7 heteroatoms. The van der Waals surface area contributed by atoms with Crippen LogP contribution in [0.4, 0.5) is 0 Å². The molecule has 0 saturated heterocycles. The lowest BCUT2D eigenvalue weighted by atomic mass is 9.89. The van der Waals surface area contributed by atoms with Crippen LogP contribution in [-0.4, -0.2) is 27.9 Å². The molecule has 1 aromatic heterocycles. The van der Waals surface area contributed by atoms with E-state index in [1.54, 1.807) is 0 Å². The van der Waals surface area contributed by atoms with Crippen LogP contribution in [0.2, 0.25) is 0 Å². The smallest absolute Gasteiger partial charge is 0.277 e. The molecule has 3 rings (SSSR count). The summed E-state index contributed by atoms with van der Waals surface area (Å²) in [6, 6.07) is 6.05. The van der Waals surface area contributed by atoms with E-state index in [0.29, 0.717) is 17.0 Å². The molecule has 1 heterocycles. The molecule has 0 aliphatic heterocycles. The third-order valence-electron chi connectivity index (χ3n) is 5.08. The van der Waals surface area contributed by atoms with E-state index in [9.17, 15) is 4.79 Å². The number of amides is 1. The van der Waals surface area contributed by atoms with Gasteiger partial charge in [0.2, 0.25) is 5.91 Å². The van der Waals surface area contributed by atoms with E-state index in [-0.39, 0.29) is 17.8 Å². The standard InChI is InChI=1S/C21H29N3O3S/c1-14-9-10-15(2)18(11-14)26-13-19-23-24-21(27-19)28-16(3)20(25)22-12-17-7-5-4-6-8-17/h9-11,16-17H,4-8,12-13H2,1-3H3,(H,22,25). The summed E-state index contributed by atoms with van der Waals surface area (Å²) in [5.74, 6) is 1.84. The molecule has 1 unspecified atom stereocenters. The molecule has 152 valence electrons. The van der Waals surface area contributed by atoms with Crippen molar-refractivity contribution in [1.82, 2.24) is 15.5 Å². The van der Waals surface area contributed by atoms with Crippen molar-refractivity contribution < 1.29 is 13.9 Å². The Kier molecular flexibility index (Phi) is 7.36. The molecule has 6 nitrogen and oxygen atoms in total. The Morgan fingerprint density at radius 1 is 1.29 bits per heavy atom. The average molecular weight is 404 g/mol. The van der Waals surface area contributed by atoms with Gasteiger partial charge in [0, 0.05) is 6.54 Å². The summed E-state index contributed by atoms with van der Waals surface area (Å²) in [4.78, 5) is 12.3. The van der Waals surface area contributed by atoms with Crippen molar-refractivity contribution in [2.24, 2.45) is 5.92 Å². The predicted octanol–water partition coefficient (Wildman–Crippen LogP) is 4.44. The van der Waals surface area contributed by atoms with Crippen molar-refractivity contribution in [3.05, 3.63) is 35.2 Å². The lowest BCUT2D eigenvalue weighted by Gasteiger charge is -2.22. The Labute approximate surface area is 170 Å². The molecule has 1 saturated carbocycles. The fourth-order valence-corrected chi connectivity index (χ4v) is 4.06. The van der Waals surface area contributed by atoms with Gasteiger partial charge in [0.25, 0.3) is 11.1 Å². The number of hydrogen-bond donors (Lipinski definition) is 1. The largest absolute Gasteiger partial charge is 0.484 e. The van der Waals surface area contributed by atoms with Crippen LogP contribution in [0.1, 0.15) is 56.0 Å². The van der Waals surface area contributed by atoms with Gasteiger partial charge in [0.1, 0.15) is 5.75 Å². The molecule has 1 N–H and O–H groups in total. The van der Waals surface area contributed by atoms with Crippen LogP contribution in [0.15, 0.2) is 27.8 Å². The third-order valence-corrected chi connectivity index (χ3v) is 6.01. The monoisotopic (exact) mass is 403 g/mol. The van der Waals surface area contributed by atoms with Crippen molar-refractivity contribution >= 4 is 17.7 Å². The van der Waals surface area contributed by atoms with Crippen LogP contribution in [0.5, 0.6) is 5.75 Å². The van der Waals surface area contributed by atoms with Gasteiger partial charge >= 0.3 is 0 Å². The van der Waals surface area contributed by atoms with Gasteiger partial charge in [-0.1, -0.05) is 43.2 Å². The van der Waals surface area contributed by atoms with Crippen LogP contribution < -0.4 is 10.1 Å². The number of thioether (sulfide) groups is 1. The molecule has 0 radical (unpaired) electrons. The zero-order chi connectivity index (χ0) is 19.9. The summed E-state index contributed by atoms with van der Waals surface area (Å²) in [6.45, 7) is 6.85. The van der Waals surface area contributed by atoms with Crippen LogP contribution >= 0.6 is 11.8 Å².